The minimum atomic E-state index is -0.660. The van der Waals surface area contributed by atoms with Gasteiger partial charge in [0.05, 0.1) is 12.9 Å². The van der Waals surface area contributed by atoms with Crippen LogP contribution in [-0.2, 0) is 14.3 Å². The molecule has 0 bridgehead atoms. The van der Waals surface area contributed by atoms with Gasteiger partial charge in [-0.05, 0) is 5.56 Å². The molecule has 0 radical (unpaired) electrons. The van der Waals surface area contributed by atoms with E-state index in [1.54, 1.807) is 0 Å². The Balaban J connectivity index is 0.00000361. The van der Waals surface area contributed by atoms with Gasteiger partial charge in [0.15, 0.2) is 0 Å². The summed E-state index contributed by atoms with van der Waals surface area (Å²) in [5.74, 6) is 0.446. The third-order valence-electron chi connectivity index (χ3n) is 2.43. The zero-order chi connectivity index (χ0) is 14.1. The Hall–Kier alpha value is -1.24. The maximum Gasteiger partial charge on any atom is 0.315 e. The minimum Gasteiger partial charge on any atom is -0.468 e. The molecule has 0 aliphatic carbocycles. The summed E-state index contributed by atoms with van der Waals surface area (Å²) < 4.78 is 4.51. The van der Waals surface area contributed by atoms with Crippen molar-refractivity contribution in [2.45, 2.75) is 6.04 Å². The van der Waals surface area contributed by atoms with Crippen molar-refractivity contribution in [1.29, 1.82) is 0 Å². The van der Waals surface area contributed by atoms with Gasteiger partial charge in [-0.1, -0.05) is 30.3 Å². The Labute approximate surface area is 129 Å². The second-order valence-corrected chi connectivity index (χ2v) is 4.91. The molecule has 1 atom stereocenters. The fourth-order valence-electron chi connectivity index (χ4n) is 1.38. The van der Waals surface area contributed by atoms with Gasteiger partial charge in [0, 0.05) is 12.3 Å². The number of ether oxygens (including phenoxy) is 1. The van der Waals surface area contributed by atoms with E-state index in [1.165, 1.54) is 18.9 Å². The summed E-state index contributed by atoms with van der Waals surface area (Å²) in [6.45, 7) is 0.473. The van der Waals surface area contributed by atoms with Gasteiger partial charge in [-0.25, -0.2) is 0 Å². The van der Waals surface area contributed by atoms with Crippen LogP contribution in [0, 0.1) is 0 Å². The lowest BCUT2D eigenvalue weighted by atomic mass is 10.1. The maximum atomic E-state index is 11.8. The SMILES string of the molecule is COC(=O)CSCCNC(=O)C(N)c1ccccc1.Cl. The Morgan fingerprint density at radius 1 is 1.35 bits per heavy atom. The molecule has 5 nitrogen and oxygen atoms in total. The van der Waals surface area contributed by atoms with Gasteiger partial charge in [-0.3, -0.25) is 9.59 Å². The number of methoxy groups -OCH3 is 1. The predicted octanol–water partition coefficient (Wildman–Crippen LogP) is 1.13. The number of halogens is 1. The Morgan fingerprint density at radius 2 is 2.00 bits per heavy atom. The molecule has 0 aliphatic heterocycles. The zero-order valence-corrected chi connectivity index (χ0v) is 12.8. The van der Waals surface area contributed by atoms with Crippen LogP contribution in [0.2, 0.25) is 0 Å². The first kappa shape index (κ1) is 18.8. The number of esters is 1. The summed E-state index contributed by atoms with van der Waals surface area (Å²) in [5.41, 5.74) is 6.61. The first-order valence-electron chi connectivity index (χ1n) is 5.88. The maximum absolute atomic E-state index is 11.8. The van der Waals surface area contributed by atoms with E-state index in [2.05, 4.69) is 10.1 Å². The smallest absolute Gasteiger partial charge is 0.315 e. The van der Waals surface area contributed by atoms with Crippen molar-refractivity contribution in [3.05, 3.63) is 35.9 Å². The van der Waals surface area contributed by atoms with Crippen LogP contribution in [0.1, 0.15) is 11.6 Å². The molecule has 0 fully saturated rings. The topological polar surface area (TPSA) is 81.4 Å². The molecule has 0 spiro atoms. The van der Waals surface area contributed by atoms with Crippen LogP contribution in [0.15, 0.2) is 30.3 Å². The van der Waals surface area contributed by atoms with Crippen molar-refractivity contribution in [3.63, 3.8) is 0 Å². The highest BCUT2D eigenvalue weighted by Gasteiger charge is 2.14. The number of hydrogen-bond acceptors (Lipinski definition) is 5. The average Bonchev–Trinajstić information content (AvgIpc) is 2.46. The number of hydrogen-bond donors (Lipinski definition) is 2. The summed E-state index contributed by atoms with van der Waals surface area (Å²) in [4.78, 5) is 22.6. The lowest BCUT2D eigenvalue weighted by Crippen LogP contribution is -2.35. The second-order valence-electron chi connectivity index (χ2n) is 3.81. The van der Waals surface area contributed by atoms with E-state index in [-0.39, 0.29) is 30.0 Å². The van der Waals surface area contributed by atoms with Crippen LogP contribution in [0.4, 0.5) is 0 Å². The highest BCUT2D eigenvalue weighted by atomic mass is 35.5. The molecule has 3 N–H and O–H groups in total. The Kier molecular flexibility index (Phi) is 9.88. The molecule has 1 rings (SSSR count). The van der Waals surface area contributed by atoms with Gasteiger partial charge >= 0.3 is 5.97 Å². The highest BCUT2D eigenvalue weighted by Crippen LogP contribution is 2.09. The molecule has 1 aromatic rings. The summed E-state index contributed by atoms with van der Waals surface area (Å²) in [6.07, 6.45) is 0. The number of nitrogens with two attached hydrogens (primary N) is 1. The lowest BCUT2D eigenvalue weighted by Gasteiger charge is -2.12. The summed E-state index contributed by atoms with van der Waals surface area (Å²) in [6, 6.07) is 8.53. The summed E-state index contributed by atoms with van der Waals surface area (Å²) >= 11 is 1.41. The Bertz CT molecular complexity index is 417. The molecule has 1 unspecified atom stereocenters. The molecule has 0 aliphatic rings. The normalized spacial score (nSPS) is 11.1. The highest BCUT2D eigenvalue weighted by molar-refractivity contribution is 7.99. The van der Waals surface area contributed by atoms with Crippen molar-refractivity contribution < 1.29 is 14.3 Å². The van der Waals surface area contributed by atoms with E-state index < -0.39 is 6.04 Å². The number of nitrogens with one attached hydrogen (secondary N) is 1. The van der Waals surface area contributed by atoms with Crippen LogP contribution in [0.3, 0.4) is 0 Å². The van der Waals surface area contributed by atoms with Gasteiger partial charge in [0.1, 0.15) is 6.04 Å². The van der Waals surface area contributed by atoms with Crippen molar-refractivity contribution in [1.82, 2.24) is 5.32 Å². The van der Waals surface area contributed by atoms with Crippen molar-refractivity contribution in [2.24, 2.45) is 5.73 Å². The Morgan fingerprint density at radius 3 is 2.60 bits per heavy atom. The fourth-order valence-corrected chi connectivity index (χ4v) is 2.06. The average molecular weight is 319 g/mol. The number of amides is 1. The third kappa shape index (κ3) is 6.79. The van der Waals surface area contributed by atoms with Gasteiger partial charge in [-0.15, -0.1) is 24.2 Å². The molecule has 1 aromatic carbocycles. The van der Waals surface area contributed by atoms with Crippen LogP contribution in [0.25, 0.3) is 0 Å². The van der Waals surface area contributed by atoms with Gasteiger partial charge in [0.2, 0.25) is 5.91 Å². The molecule has 1 amide bonds. The van der Waals surface area contributed by atoms with E-state index in [0.717, 1.165) is 5.56 Å². The molecule has 0 heterocycles. The number of benzene rings is 1. The van der Waals surface area contributed by atoms with E-state index in [0.29, 0.717) is 12.3 Å². The van der Waals surface area contributed by atoms with Crippen LogP contribution < -0.4 is 11.1 Å². The van der Waals surface area contributed by atoms with Crippen LogP contribution in [0.5, 0.6) is 0 Å². The van der Waals surface area contributed by atoms with Crippen molar-refractivity contribution in [3.8, 4) is 0 Å². The molecule has 0 saturated heterocycles. The van der Waals surface area contributed by atoms with Gasteiger partial charge in [-0.2, -0.15) is 0 Å². The minimum absolute atomic E-state index is 0. The van der Waals surface area contributed by atoms with E-state index in [9.17, 15) is 9.59 Å². The standard InChI is InChI=1S/C13H18N2O3S.ClH/c1-18-11(16)9-19-8-7-15-13(17)12(14)10-5-3-2-4-6-10;/h2-6,12H,7-9,14H2,1H3,(H,15,17);1H. The number of rotatable bonds is 7. The van der Waals surface area contributed by atoms with Crippen LogP contribution in [-0.4, -0.2) is 37.0 Å². The molecule has 112 valence electrons. The summed E-state index contributed by atoms with van der Waals surface area (Å²) in [5, 5.41) is 2.74. The molecule has 0 aromatic heterocycles. The van der Waals surface area contributed by atoms with Gasteiger partial charge in [0.25, 0.3) is 0 Å². The lowest BCUT2D eigenvalue weighted by molar-refractivity contribution is -0.137. The third-order valence-corrected chi connectivity index (χ3v) is 3.37. The molecule has 0 saturated carbocycles. The van der Waals surface area contributed by atoms with Crippen LogP contribution >= 0.6 is 24.2 Å². The molecular formula is C13H19ClN2O3S. The molecule has 20 heavy (non-hydrogen) atoms. The molecule has 7 heteroatoms. The zero-order valence-electron chi connectivity index (χ0n) is 11.2. The summed E-state index contributed by atoms with van der Waals surface area (Å²) in [7, 11) is 1.35. The van der Waals surface area contributed by atoms with Crippen molar-refractivity contribution in [2.75, 3.05) is 25.2 Å². The first-order valence-corrected chi connectivity index (χ1v) is 7.03. The number of thioether (sulfide) groups is 1. The van der Waals surface area contributed by atoms with E-state index in [1.807, 2.05) is 30.3 Å². The second kappa shape index (κ2) is 10.5. The number of carbonyl (C=O) groups excluding carboxylic acids is 2. The quantitative estimate of drug-likeness (QED) is 0.582. The fraction of sp³-hybridized carbons (Fsp3) is 0.385. The number of carbonyl (C=O) groups is 2. The van der Waals surface area contributed by atoms with E-state index >= 15 is 0 Å². The van der Waals surface area contributed by atoms with Gasteiger partial charge < -0.3 is 15.8 Å². The van der Waals surface area contributed by atoms with E-state index in [4.69, 9.17) is 5.73 Å². The van der Waals surface area contributed by atoms with Crippen molar-refractivity contribution >= 4 is 36.0 Å². The monoisotopic (exact) mass is 318 g/mol. The molecular weight excluding hydrogens is 300 g/mol. The largest absolute Gasteiger partial charge is 0.468 e. The first-order chi connectivity index (χ1) is 9.15. The predicted molar refractivity (Wildman–Crippen MR) is 83.0 cm³/mol.